The van der Waals surface area contributed by atoms with Gasteiger partial charge in [0.1, 0.15) is 0 Å². The summed E-state index contributed by atoms with van der Waals surface area (Å²) in [6.45, 7) is 0.254. The lowest BCUT2D eigenvalue weighted by atomic mass is 10.3. The molecule has 1 atom stereocenters. The van der Waals surface area contributed by atoms with Crippen molar-refractivity contribution in [2.75, 3.05) is 12.4 Å². The molecule has 0 aromatic heterocycles. The SMILES string of the molecule is N#CCCCOC(=O)CCS(=O)c1ccccc1. The van der Waals surface area contributed by atoms with Crippen LogP contribution in [0.1, 0.15) is 19.3 Å². The van der Waals surface area contributed by atoms with E-state index in [9.17, 15) is 9.00 Å². The molecule has 5 heteroatoms. The zero-order valence-corrected chi connectivity index (χ0v) is 10.8. The second kappa shape index (κ2) is 8.43. The van der Waals surface area contributed by atoms with Gasteiger partial charge in [-0.15, -0.1) is 0 Å². The molecule has 1 unspecified atom stereocenters. The zero-order valence-electron chi connectivity index (χ0n) is 10.0. The molecule has 0 bridgehead atoms. The quantitative estimate of drug-likeness (QED) is 0.559. The van der Waals surface area contributed by atoms with Gasteiger partial charge in [-0.05, 0) is 18.6 Å². The van der Waals surface area contributed by atoms with Gasteiger partial charge in [0, 0.05) is 17.1 Å². The van der Waals surface area contributed by atoms with Crippen molar-refractivity contribution in [3.8, 4) is 6.07 Å². The molecule has 0 radical (unpaired) electrons. The molecule has 18 heavy (non-hydrogen) atoms. The lowest BCUT2D eigenvalue weighted by Crippen LogP contribution is -2.10. The summed E-state index contributed by atoms with van der Waals surface area (Å²) >= 11 is 0. The first-order valence-corrected chi connectivity index (χ1v) is 7.02. The van der Waals surface area contributed by atoms with Gasteiger partial charge in [-0.2, -0.15) is 5.26 Å². The third kappa shape index (κ3) is 5.60. The minimum absolute atomic E-state index is 0.133. The highest BCUT2D eigenvalue weighted by Gasteiger charge is 2.08. The molecule has 0 saturated carbocycles. The van der Waals surface area contributed by atoms with Crippen molar-refractivity contribution in [3.05, 3.63) is 30.3 Å². The van der Waals surface area contributed by atoms with E-state index in [2.05, 4.69) is 0 Å². The molecule has 0 aliphatic rings. The van der Waals surface area contributed by atoms with Crippen LogP contribution in [0.15, 0.2) is 35.2 Å². The second-order valence-corrected chi connectivity index (χ2v) is 5.17. The molecule has 0 fully saturated rings. The van der Waals surface area contributed by atoms with Crippen LogP contribution in [0.5, 0.6) is 0 Å². The molecule has 96 valence electrons. The summed E-state index contributed by atoms with van der Waals surface area (Å²) < 4.78 is 16.7. The van der Waals surface area contributed by atoms with Crippen molar-refractivity contribution in [3.63, 3.8) is 0 Å². The summed E-state index contributed by atoms with van der Waals surface area (Å²) in [5, 5.41) is 8.30. The van der Waals surface area contributed by atoms with E-state index in [0.29, 0.717) is 12.8 Å². The Morgan fingerprint density at radius 2 is 2.06 bits per heavy atom. The number of esters is 1. The van der Waals surface area contributed by atoms with Gasteiger partial charge in [0.05, 0.1) is 29.9 Å². The minimum atomic E-state index is -1.17. The molecule has 0 amide bonds. The number of benzene rings is 1. The van der Waals surface area contributed by atoms with Crippen LogP contribution in [-0.4, -0.2) is 22.5 Å². The van der Waals surface area contributed by atoms with Crippen LogP contribution in [0.3, 0.4) is 0 Å². The van der Waals surface area contributed by atoms with Crippen LogP contribution >= 0.6 is 0 Å². The Labute approximate surface area is 109 Å². The predicted octanol–water partition coefficient (Wildman–Crippen LogP) is 2.03. The lowest BCUT2D eigenvalue weighted by Gasteiger charge is -2.03. The maximum Gasteiger partial charge on any atom is 0.306 e. The largest absolute Gasteiger partial charge is 0.466 e. The van der Waals surface area contributed by atoms with Crippen LogP contribution < -0.4 is 0 Å². The van der Waals surface area contributed by atoms with Crippen LogP contribution in [0.4, 0.5) is 0 Å². The molecule has 0 aliphatic carbocycles. The topological polar surface area (TPSA) is 67.2 Å². The number of carbonyl (C=O) groups is 1. The highest BCUT2D eigenvalue weighted by Crippen LogP contribution is 2.06. The van der Waals surface area contributed by atoms with E-state index in [1.165, 1.54) is 0 Å². The van der Waals surface area contributed by atoms with Gasteiger partial charge in [0.25, 0.3) is 0 Å². The molecule has 1 rings (SSSR count). The molecule has 0 N–H and O–H groups in total. The van der Waals surface area contributed by atoms with Gasteiger partial charge in [-0.1, -0.05) is 18.2 Å². The molecule has 1 aromatic rings. The second-order valence-electron chi connectivity index (χ2n) is 3.59. The molecule has 0 heterocycles. The smallest absolute Gasteiger partial charge is 0.306 e. The first kappa shape index (κ1) is 14.4. The van der Waals surface area contributed by atoms with E-state index in [1.54, 1.807) is 12.1 Å². The first-order chi connectivity index (χ1) is 8.74. The van der Waals surface area contributed by atoms with Crippen molar-refractivity contribution in [1.29, 1.82) is 5.26 Å². The van der Waals surface area contributed by atoms with Crippen molar-refractivity contribution < 1.29 is 13.7 Å². The van der Waals surface area contributed by atoms with Crippen LogP contribution in [0.25, 0.3) is 0 Å². The standard InChI is InChI=1S/C13H15NO3S/c14-9-4-5-10-17-13(15)8-11-18(16)12-6-2-1-3-7-12/h1-3,6-7H,4-5,8,10-11H2. The summed E-state index contributed by atoms with van der Waals surface area (Å²) in [6, 6.07) is 11.0. The molecule has 4 nitrogen and oxygen atoms in total. The molecule has 0 aliphatic heterocycles. The molecular weight excluding hydrogens is 250 g/mol. The van der Waals surface area contributed by atoms with E-state index in [-0.39, 0.29) is 24.7 Å². The Bertz CT molecular complexity index is 439. The number of unbranched alkanes of at least 4 members (excludes halogenated alkanes) is 1. The Balaban J connectivity index is 2.23. The van der Waals surface area contributed by atoms with Crippen LogP contribution in [0, 0.1) is 11.3 Å². The van der Waals surface area contributed by atoms with E-state index in [4.69, 9.17) is 10.00 Å². The number of nitriles is 1. The number of hydrogen-bond acceptors (Lipinski definition) is 4. The Morgan fingerprint density at radius 3 is 2.72 bits per heavy atom. The van der Waals surface area contributed by atoms with Crippen molar-refractivity contribution >= 4 is 16.8 Å². The first-order valence-electron chi connectivity index (χ1n) is 5.70. The number of nitrogens with zero attached hydrogens (tertiary/aromatic N) is 1. The normalized spacial score (nSPS) is 11.5. The number of rotatable bonds is 7. The predicted molar refractivity (Wildman–Crippen MR) is 68.1 cm³/mol. The minimum Gasteiger partial charge on any atom is -0.466 e. The van der Waals surface area contributed by atoms with Gasteiger partial charge < -0.3 is 4.74 Å². The third-order valence-corrected chi connectivity index (χ3v) is 3.57. The fourth-order valence-electron chi connectivity index (χ4n) is 1.28. The molecule has 0 spiro atoms. The summed E-state index contributed by atoms with van der Waals surface area (Å²) in [4.78, 5) is 12.0. The van der Waals surface area contributed by atoms with Gasteiger partial charge >= 0.3 is 5.97 Å². The zero-order chi connectivity index (χ0) is 13.2. The average molecular weight is 265 g/mol. The van der Waals surface area contributed by atoms with E-state index in [1.807, 2.05) is 24.3 Å². The maximum atomic E-state index is 11.8. The number of carbonyl (C=O) groups excluding carboxylic acids is 1. The molecule has 0 saturated heterocycles. The van der Waals surface area contributed by atoms with E-state index in [0.717, 1.165) is 4.90 Å². The Morgan fingerprint density at radius 1 is 1.33 bits per heavy atom. The van der Waals surface area contributed by atoms with Crippen molar-refractivity contribution in [2.45, 2.75) is 24.2 Å². The number of hydrogen-bond donors (Lipinski definition) is 0. The highest BCUT2D eigenvalue weighted by molar-refractivity contribution is 7.85. The lowest BCUT2D eigenvalue weighted by molar-refractivity contribution is -0.143. The van der Waals surface area contributed by atoms with Crippen molar-refractivity contribution in [1.82, 2.24) is 0 Å². The van der Waals surface area contributed by atoms with Gasteiger partial charge in [0.15, 0.2) is 0 Å². The highest BCUT2D eigenvalue weighted by atomic mass is 32.2. The van der Waals surface area contributed by atoms with E-state index < -0.39 is 10.8 Å². The monoisotopic (exact) mass is 265 g/mol. The Kier molecular flexibility index (Phi) is 6.74. The fourth-order valence-corrected chi connectivity index (χ4v) is 2.32. The molecule has 1 aromatic carbocycles. The van der Waals surface area contributed by atoms with Crippen LogP contribution in [-0.2, 0) is 20.3 Å². The number of ether oxygens (including phenoxy) is 1. The Hall–Kier alpha value is -1.67. The third-order valence-electron chi connectivity index (χ3n) is 2.19. The maximum absolute atomic E-state index is 11.8. The fraction of sp³-hybridized carbons (Fsp3) is 0.385. The summed E-state index contributed by atoms with van der Waals surface area (Å²) in [6.07, 6.45) is 1.06. The van der Waals surface area contributed by atoms with Gasteiger partial charge in [-0.25, -0.2) is 0 Å². The summed E-state index contributed by atoms with van der Waals surface area (Å²) in [7, 11) is -1.17. The van der Waals surface area contributed by atoms with Gasteiger partial charge in [-0.3, -0.25) is 9.00 Å². The van der Waals surface area contributed by atoms with E-state index >= 15 is 0 Å². The van der Waals surface area contributed by atoms with Crippen LogP contribution in [0.2, 0.25) is 0 Å². The van der Waals surface area contributed by atoms with Gasteiger partial charge in [0.2, 0.25) is 0 Å². The molecular formula is C13H15NO3S. The van der Waals surface area contributed by atoms with Crippen molar-refractivity contribution in [2.24, 2.45) is 0 Å². The summed E-state index contributed by atoms with van der Waals surface area (Å²) in [5.74, 6) is -0.0987. The average Bonchev–Trinajstić information content (AvgIpc) is 2.42. The summed E-state index contributed by atoms with van der Waals surface area (Å²) in [5.41, 5.74) is 0.